The highest BCUT2D eigenvalue weighted by atomic mass is 16.5. The van der Waals surface area contributed by atoms with Gasteiger partial charge in [0.05, 0.1) is 6.61 Å². The number of carbonyl (C=O) groups excluding carboxylic acids is 2. The molecule has 1 aromatic rings. The normalized spacial score (nSPS) is 33.4. The molecule has 3 aliphatic rings. The van der Waals surface area contributed by atoms with E-state index in [0.717, 1.165) is 38.5 Å². The molecule has 0 radical (unpaired) electrons. The molecule has 0 amide bonds. The molecular weight excluding hydrogens is 316 g/mol. The van der Waals surface area contributed by atoms with Gasteiger partial charge in [-0.1, -0.05) is 6.92 Å². The molecule has 0 spiro atoms. The number of carbonyl (C=O) groups is 2. The molecule has 2 fully saturated rings. The predicted octanol–water partition coefficient (Wildman–Crippen LogP) is 3.53. The van der Waals surface area contributed by atoms with E-state index in [4.69, 9.17) is 4.74 Å². The van der Waals surface area contributed by atoms with E-state index in [1.165, 1.54) is 18.1 Å². The lowest BCUT2D eigenvalue weighted by Gasteiger charge is -2.48. The van der Waals surface area contributed by atoms with Crippen molar-refractivity contribution in [3.05, 3.63) is 28.8 Å². The lowest BCUT2D eigenvalue weighted by atomic mass is 9.55. The molecule has 25 heavy (non-hydrogen) atoms. The van der Waals surface area contributed by atoms with Gasteiger partial charge in [-0.25, -0.2) is 0 Å². The summed E-state index contributed by atoms with van der Waals surface area (Å²) in [6.45, 7) is 3.43. The standard InChI is InChI=1S/C21H26O4/c1-12(23)25-19-10-13-3-4-16-15(17(13)9-14(19)11-22)7-8-21(2)18(16)5-6-20(21)24/h9-10,15-16,18,22H,3-8,11H2,1-2H3. The molecule has 4 heteroatoms. The highest BCUT2D eigenvalue weighted by Gasteiger charge is 2.54. The second-order valence-electron chi connectivity index (χ2n) is 8.24. The summed E-state index contributed by atoms with van der Waals surface area (Å²) in [7, 11) is 0. The van der Waals surface area contributed by atoms with Gasteiger partial charge in [-0.05, 0) is 73.1 Å². The number of ether oxygens (including phenoxy) is 1. The van der Waals surface area contributed by atoms with Crippen molar-refractivity contribution in [3.8, 4) is 5.75 Å². The van der Waals surface area contributed by atoms with E-state index >= 15 is 0 Å². The van der Waals surface area contributed by atoms with E-state index in [-0.39, 0.29) is 18.0 Å². The maximum atomic E-state index is 12.4. The topological polar surface area (TPSA) is 63.6 Å². The lowest BCUT2D eigenvalue weighted by molar-refractivity contribution is -0.132. The third kappa shape index (κ3) is 2.53. The number of hydrogen-bond acceptors (Lipinski definition) is 4. The van der Waals surface area contributed by atoms with Gasteiger partial charge < -0.3 is 9.84 Å². The molecule has 4 rings (SSSR count). The zero-order valence-corrected chi connectivity index (χ0v) is 15.0. The molecule has 4 nitrogen and oxygen atoms in total. The predicted molar refractivity (Wildman–Crippen MR) is 93.3 cm³/mol. The third-order valence-electron chi connectivity index (χ3n) is 7.04. The summed E-state index contributed by atoms with van der Waals surface area (Å²) in [6, 6.07) is 4.00. The number of benzene rings is 1. The molecule has 0 saturated heterocycles. The molecule has 3 aliphatic carbocycles. The van der Waals surface area contributed by atoms with Crippen molar-refractivity contribution in [3.63, 3.8) is 0 Å². The largest absolute Gasteiger partial charge is 0.426 e. The number of hydrogen-bond donors (Lipinski definition) is 1. The van der Waals surface area contributed by atoms with Crippen molar-refractivity contribution in [2.24, 2.45) is 17.3 Å². The number of rotatable bonds is 2. The molecule has 0 bridgehead atoms. The van der Waals surface area contributed by atoms with Crippen LogP contribution in [0.15, 0.2) is 12.1 Å². The molecule has 2 saturated carbocycles. The SMILES string of the molecule is CC(=O)Oc1cc2c(cc1CO)C1CCC3(C)C(=O)CCC3C1CC2. The van der Waals surface area contributed by atoms with Crippen LogP contribution in [0.25, 0.3) is 0 Å². The summed E-state index contributed by atoms with van der Waals surface area (Å²) in [5.41, 5.74) is 3.11. The van der Waals surface area contributed by atoms with Gasteiger partial charge in [0.2, 0.25) is 0 Å². The average molecular weight is 342 g/mol. The summed E-state index contributed by atoms with van der Waals surface area (Å²) in [5, 5.41) is 9.72. The lowest BCUT2D eigenvalue weighted by Crippen LogP contribution is -2.42. The Morgan fingerprint density at radius 2 is 2.08 bits per heavy atom. The van der Waals surface area contributed by atoms with Gasteiger partial charge in [0.15, 0.2) is 0 Å². The van der Waals surface area contributed by atoms with Crippen molar-refractivity contribution in [1.29, 1.82) is 0 Å². The Bertz CT molecular complexity index is 738. The minimum absolute atomic E-state index is 0.115. The Balaban J connectivity index is 1.71. The highest BCUT2D eigenvalue weighted by molar-refractivity contribution is 5.87. The van der Waals surface area contributed by atoms with Gasteiger partial charge in [0, 0.05) is 24.3 Å². The monoisotopic (exact) mass is 342 g/mol. The highest BCUT2D eigenvalue weighted by Crippen LogP contribution is 2.59. The van der Waals surface area contributed by atoms with E-state index in [0.29, 0.717) is 34.8 Å². The molecule has 4 unspecified atom stereocenters. The molecule has 0 aliphatic heterocycles. The van der Waals surface area contributed by atoms with E-state index in [9.17, 15) is 14.7 Å². The van der Waals surface area contributed by atoms with Crippen molar-refractivity contribution in [2.75, 3.05) is 0 Å². The van der Waals surface area contributed by atoms with E-state index in [1.54, 1.807) is 0 Å². The maximum Gasteiger partial charge on any atom is 0.308 e. The molecule has 134 valence electrons. The van der Waals surface area contributed by atoms with Crippen LogP contribution in [0, 0.1) is 17.3 Å². The fraction of sp³-hybridized carbons (Fsp3) is 0.619. The Morgan fingerprint density at radius 1 is 1.28 bits per heavy atom. The van der Waals surface area contributed by atoms with Gasteiger partial charge in [-0.15, -0.1) is 0 Å². The minimum Gasteiger partial charge on any atom is -0.426 e. The van der Waals surface area contributed by atoms with Crippen molar-refractivity contribution < 1.29 is 19.4 Å². The van der Waals surface area contributed by atoms with Gasteiger partial charge in [-0.3, -0.25) is 9.59 Å². The quantitative estimate of drug-likeness (QED) is 0.660. The van der Waals surface area contributed by atoms with Crippen LogP contribution in [0.3, 0.4) is 0 Å². The van der Waals surface area contributed by atoms with Gasteiger partial charge in [-0.2, -0.15) is 0 Å². The molecule has 1 aromatic carbocycles. The zero-order valence-electron chi connectivity index (χ0n) is 15.0. The van der Waals surface area contributed by atoms with Crippen LogP contribution in [0.4, 0.5) is 0 Å². The second-order valence-corrected chi connectivity index (χ2v) is 8.24. The first-order valence-corrected chi connectivity index (χ1v) is 9.42. The summed E-state index contributed by atoms with van der Waals surface area (Å²) in [5.74, 6) is 2.11. The zero-order chi connectivity index (χ0) is 17.8. The van der Waals surface area contributed by atoms with E-state index < -0.39 is 0 Å². The number of fused-ring (bicyclic) bond motifs is 5. The molecule has 4 atom stereocenters. The Morgan fingerprint density at radius 3 is 2.80 bits per heavy atom. The molecule has 0 heterocycles. The third-order valence-corrected chi connectivity index (χ3v) is 7.04. The smallest absolute Gasteiger partial charge is 0.308 e. The van der Waals surface area contributed by atoms with Gasteiger partial charge >= 0.3 is 5.97 Å². The number of aliphatic hydroxyl groups excluding tert-OH is 1. The van der Waals surface area contributed by atoms with Crippen molar-refractivity contribution in [2.45, 2.75) is 64.9 Å². The van der Waals surface area contributed by atoms with Crippen molar-refractivity contribution in [1.82, 2.24) is 0 Å². The second kappa shape index (κ2) is 5.94. The fourth-order valence-corrected chi connectivity index (χ4v) is 5.79. The Labute approximate surface area is 148 Å². The Hall–Kier alpha value is -1.68. The minimum atomic E-state index is -0.360. The van der Waals surface area contributed by atoms with Crippen LogP contribution in [0.2, 0.25) is 0 Å². The maximum absolute atomic E-state index is 12.4. The van der Waals surface area contributed by atoms with E-state index in [2.05, 4.69) is 6.92 Å². The van der Waals surface area contributed by atoms with E-state index in [1.807, 2.05) is 12.1 Å². The van der Waals surface area contributed by atoms with Crippen LogP contribution in [-0.2, 0) is 22.6 Å². The summed E-state index contributed by atoms with van der Waals surface area (Å²) in [6.07, 6.45) is 5.83. The average Bonchev–Trinajstić information content (AvgIpc) is 2.89. The van der Waals surface area contributed by atoms with Crippen LogP contribution in [0.1, 0.15) is 68.6 Å². The van der Waals surface area contributed by atoms with Crippen LogP contribution in [0.5, 0.6) is 5.75 Å². The van der Waals surface area contributed by atoms with Crippen LogP contribution >= 0.6 is 0 Å². The summed E-state index contributed by atoms with van der Waals surface area (Å²) >= 11 is 0. The number of ketones is 1. The molecule has 1 N–H and O–H groups in total. The fourth-order valence-electron chi connectivity index (χ4n) is 5.79. The van der Waals surface area contributed by atoms with Crippen molar-refractivity contribution >= 4 is 11.8 Å². The number of aryl methyl sites for hydroxylation is 1. The van der Waals surface area contributed by atoms with Gasteiger partial charge in [0.1, 0.15) is 11.5 Å². The van der Waals surface area contributed by atoms with Gasteiger partial charge in [0.25, 0.3) is 0 Å². The number of Topliss-reactive ketones (excluding diaryl/α,β-unsaturated/α-hetero) is 1. The Kier molecular flexibility index (Phi) is 3.99. The van der Waals surface area contributed by atoms with Crippen LogP contribution in [-0.4, -0.2) is 16.9 Å². The summed E-state index contributed by atoms with van der Waals surface area (Å²) < 4.78 is 5.29. The number of esters is 1. The molecular formula is C21H26O4. The number of aliphatic hydroxyl groups is 1. The first-order valence-electron chi connectivity index (χ1n) is 9.42. The van der Waals surface area contributed by atoms with Crippen LogP contribution < -0.4 is 4.74 Å². The summed E-state index contributed by atoms with van der Waals surface area (Å²) in [4.78, 5) is 23.7. The first-order chi connectivity index (χ1) is 11.9. The molecule has 0 aromatic heterocycles. The first kappa shape index (κ1) is 16.8.